The molecule has 0 bridgehead atoms. The van der Waals surface area contributed by atoms with Crippen LogP contribution in [0.2, 0.25) is 0 Å². The fraction of sp³-hybridized carbons (Fsp3) is 0. The molecule has 7 heavy (non-hydrogen) atoms. The summed E-state index contributed by atoms with van der Waals surface area (Å²) in [7, 11) is 10.7. The fourth-order valence-electron chi connectivity index (χ4n) is 0. The van der Waals surface area contributed by atoms with Crippen LogP contribution in [0.25, 0.3) is 0 Å². The zero-order chi connectivity index (χ0) is 3.58. The van der Waals surface area contributed by atoms with Crippen molar-refractivity contribution in [3.05, 3.63) is 0 Å². The maximum absolute atomic E-state index is 3.78. The summed E-state index contributed by atoms with van der Waals surface area (Å²) in [6.07, 6.45) is 0. The van der Waals surface area contributed by atoms with Gasteiger partial charge in [0.05, 0.1) is 0 Å². The molecule has 0 aromatic heterocycles. The standard InChI is InChI=1S/Co.Fe.Mn.Ni.3P. The van der Waals surface area contributed by atoms with E-state index in [1.54, 1.807) is 0 Å². The van der Waals surface area contributed by atoms with Crippen molar-refractivity contribution in [1.82, 2.24) is 0 Å². The topological polar surface area (TPSA) is 0 Å². The Morgan fingerprint density at radius 3 is 1.00 bits per heavy atom. The molecule has 0 aliphatic carbocycles. The van der Waals surface area contributed by atoms with Gasteiger partial charge in [0.15, 0.2) is 0 Å². The summed E-state index contributed by atoms with van der Waals surface area (Å²) in [6.45, 7) is 0. The van der Waals surface area contributed by atoms with Gasteiger partial charge in [-0.25, -0.2) is 0 Å². The molecule has 0 saturated carbocycles. The van der Waals surface area contributed by atoms with Crippen LogP contribution < -0.4 is 0 Å². The Balaban J connectivity index is -0.0000000150. The summed E-state index contributed by atoms with van der Waals surface area (Å²) in [6, 6.07) is 0. The van der Waals surface area contributed by atoms with Crippen LogP contribution in [0, 0.1) is 0 Å². The molecule has 0 nitrogen and oxygen atoms in total. The van der Waals surface area contributed by atoms with E-state index in [0.29, 0.717) is 0 Å². The summed E-state index contributed by atoms with van der Waals surface area (Å²) in [5.41, 5.74) is 0. The molecule has 0 N–H and O–H groups in total. The van der Waals surface area contributed by atoms with E-state index in [1.807, 2.05) is 0 Å². The van der Waals surface area contributed by atoms with Crippen LogP contribution in [0.3, 0.4) is 0 Å². The van der Waals surface area contributed by atoms with Gasteiger partial charge in [-0.15, -0.1) is 0 Å². The molecule has 0 amide bonds. The van der Waals surface area contributed by atoms with E-state index in [0.717, 1.165) is 0 Å². The average molecular weight is 321 g/mol. The van der Waals surface area contributed by atoms with E-state index >= 15 is 0 Å². The second-order valence-electron chi connectivity index (χ2n) is 0.212. The second-order valence-corrected chi connectivity index (χ2v) is 7.87. The van der Waals surface area contributed by atoms with Crippen LogP contribution in [-0.4, -0.2) is 0 Å². The molecule has 0 heterocycles. The SMILES string of the molecule is [Co].[Mn].[Ni].[P]#[Fe](#[P])#[P]. The Labute approximate surface area is 81.8 Å². The van der Waals surface area contributed by atoms with Crippen molar-refractivity contribution in [3.8, 4) is 0 Å². The minimum absolute atomic E-state index is 0. The molecule has 0 saturated heterocycles. The van der Waals surface area contributed by atoms with Crippen molar-refractivity contribution in [3.63, 3.8) is 0 Å². The normalized spacial score (nSPS) is 3.00. The second kappa shape index (κ2) is 16.2. The number of hydrogen-bond donors (Lipinski definition) is 0. The monoisotopic (exact) mass is 321 g/mol. The Kier molecular flexibility index (Phi) is 51.8. The van der Waals surface area contributed by atoms with E-state index < -0.39 is 10.5 Å². The van der Waals surface area contributed by atoms with Crippen molar-refractivity contribution in [2.75, 3.05) is 0 Å². The zero-order valence-corrected chi connectivity index (χ0v) is 9.72. The van der Waals surface area contributed by atoms with Crippen LogP contribution in [0.4, 0.5) is 0 Å². The predicted molar refractivity (Wildman–Crippen MR) is 20.8 cm³/mol. The molecule has 2 radical (unpaired) electrons. The summed E-state index contributed by atoms with van der Waals surface area (Å²) < 4.78 is 0. The quantitative estimate of drug-likeness (QED) is 0.475. The van der Waals surface area contributed by atoms with E-state index in [-0.39, 0.29) is 50.3 Å². The fourth-order valence-corrected chi connectivity index (χ4v) is 0. The Morgan fingerprint density at radius 2 is 1.00 bits per heavy atom. The molecule has 0 aliphatic rings. The molecule has 7 heteroatoms. The molecule has 0 aromatic rings. The first-order chi connectivity index (χ1) is 1.73. The summed E-state index contributed by atoms with van der Waals surface area (Å²) in [5, 5.41) is 0. The number of rotatable bonds is 0. The van der Waals surface area contributed by atoms with Crippen LogP contribution in [-0.2, 0) is 60.9 Å². The van der Waals surface area contributed by atoms with E-state index in [2.05, 4.69) is 21.8 Å². The van der Waals surface area contributed by atoms with Crippen molar-refractivity contribution in [1.29, 1.82) is 0 Å². The minimum atomic E-state index is -0.667. The van der Waals surface area contributed by atoms with Crippen LogP contribution in [0.1, 0.15) is 0 Å². The third kappa shape index (κ3) is 45.2. The van der Waals surface area contributed by atoms with Crippen molar-refractivity contribution >= 4 is 21.8 Å². The summed E-state index contributed by atoms with van der Waals surface area (Å²) >= 11 is 0. The van der Waals surface area contributed by atoms with Crippen LogP contribution in [0.5, 0.6) is 0 Å². The van der Waals surface area contributed by atoms with Gasteiger partial charge in [0.25, 0.3) is 0 Å². The first-order valence-corrected chi connectivity index (χ1v) is 5.87. The zero-order valence-electron chi connectivity index (χ0n) is 2.72. The Morgan fingerprint density at radius 1 is 1.00 bits per heavy atom. The molecule has 49 valence electrons. The molecular formula is CoFeMnNiP3. The molecule has 0 rings (SSSR count). The average Bonchev–Trinajstić information content (AvgIpc) is 0.811. The van der Waals surface area contributed by atoms with Crippen molar-refractivity contribution in [2.24, 2.45) is 0 Å². The molecule has 0 atom stereocenters. The van der Waals surface area contributed by atoms with Crippen molar-refractivity contribution < 1.29 is 60.9 Å². The Bertz CT molecular complexity index is 230. The third-order valence-electron chi connectivity index (χ3n) is 0. The van der Waals surface area contributed by atoms with Gasteiger partial charge in [-0.3, -0.25) is 0 Å². The van der Waals surface area contributed by atoms with E-state index in [1.165, 1.54) is 0 Å². The van der Waals surface area contributed by atoms with Gasteiger partial charge in [-0.2, -0.15) is 0 Å². The van der Waals surface area contributed by atoms with Gasteiger partial charge < -0.3 is 0 Å². The first kappa shape index (κ1) is 22.4. The van der Waals surface area contributed by atoms with Gasteiger partial charge in [0.1, 0.15) is 0 Å². The summed E-state index contributed by atoms with van der Waals surface area (Å²) in [4.78, 5) is 0. The molecule has 0 spiro atoms. The molecule has 0 aliphatic heterocycles. The van der Waals surface area contributed by atoms with Gasteiger partial charge in [0, 0.05) is 50.3 Å². The van der Waals surface area contributed by atoms with Crippen LogP contribution >= 0.6 is 21.8 Å². The molecule has 0 fully saturated rings. The van der Waals surface area contributed by atoms with E-state index in [4.69, 9.17) is 0 Å². The van der Waals surface area contributed by atoms with Crippen LogP contribution in [0.15, 0.2) is 0 Å². The molecule has 0 unspecified atom stereocenters. The Hall–Kier alpha value is 3.33. The van der Waals surface area contributed by atoms with Crippen molar-refractivity contribution in [2.45, 2.75) is 0 Å². The van der Waals surface area contributed by atoms with E-state index in [9.17, 15) is 0 Å². The van der Waals surface area contributed by atoms with Gasteiger partial charge >= 0.3 is 32.3 Å². The van der Waals surface area contributed by atoms with Gasteiger partial charge in [0.2, 0.25) is 0 Å². The maximum atomic E-state index is 3.78. The van der Waals surface area contributed by atoms with Gasteiger partial charge in [-0.05, 0) is 0 Å². The number of hydrogen-bond acceptors (Lipinski definition) is 0. The molecular weight excluding hydrogens is 321 g/mol. The third-order valence-corrected chi connectivity index (χ3v) is 0. The predicted octanol–water partition coefficient (Wildman–Crippen LogP) is 2.57. The summed E-state index contributed by atoms with van der Waals surface area (Å²) in [5.74, 6) is 0. The van der Waals surface area contributed by atoms with Gasteiger partial charge in [-0.1, -0.05) is 0 Å². The molecule has 0 aromatic carbocycles. The first-order valence-electron chi connectivity index (χ1n) is 0.474.